The maximum atomic E-state index is 15.1. The molecule has 0 radical (unpaired) electrons. The Morgan fingerprint density at radius 3 is 2.33 bits per heavy atom. The van der Waals surface area contributed by atoms with Gasteiger partial charge in [-0.2, -0.15) is 0 Å². The second kappa shape index (κ2) is 9.33. The fourth-order valence-electron chi connectivity index (χ4n) is 3.57. The first kappa shape index (κ1) is 23.0. The second-order valence-electron chi connectivity index (χ2n) is 7.28. The van der Waals surface area contributed by atoms with Gasteiger partial charge in [0.05, 0.1) is 39.0 Å². The van der Waals surface area contributed by atoms with Gasteiger partial charge in [-0.15, -0.1) is 0 Å². The van der Waals surface area contributed by atoms with E-state index in [1.165, 1.54) is 47.2 Å². The minimum absolute atomic E-state index is 0.00392. The van der Waals surface area contributed by atoms with Crippen molar-refractivity contribution < 1.29 is 23.1 Å². The van der Waals surface area contributed by atoms with Crippen LogP contribution in [0.15, 0.2) is 60.8 Å². The summed E-state index contributed by atoms with van der Waals surface area (Å²) in [5.41, 5.74) is 0.162. The van der Waals surface area contributed by atoms with Gasteiger partial charge in [-0.25, -0.2) is 13.6 Å². The number of halogens is 4. The molecule has 1 heterocycles. The Balaban J connectivity index is 1.87. The SMILES string of the molecule is CCCOC(=O)c1ccc(-n2cc(C(=O)c3c(Cl)cccc3Cl)c3cccc(F)c32)c(F)c1. The lowest BCUT2D eigenvalue weighted by molar-refractivity contribution is 0.0504. The van der Waals surface area contributed by atoms with E-state index in [0.717, 1.165) is 6.07 Å². The van der Waals surface area contributed by atoms with Crippen molar-refractivity contribution in [2.24, 2.45) is 0 Å². The van der Waals surface area contributed by atoms with Gasteiger partial charge in [-0.3, -0.25) is 4.79 Å². The van der Waals surface area contributed by atoms with Crippen LogP contribution in [0.25, 0.3) is 16.6 Å². The minimum atomic E-state index is -0.782. The lowest BCUT2D eigenvalue weighted by Gasteiger charge is -2.09. The van der Waals surface area contributed by atoms with Crippen molar-refractivity contribution in [1.29, 1.82) is 0 Å². The number of ether oxygens (including phenoxy) is 1. The average molecular weight is 488 g/mol. The molecule has 0 amide bonds. The summed E-state index contributed by atoms with van der Waals surface area (Å²) in [6, 6.07) is 12.6. The van der Waals surface area contributed by atoms with Crippen LogP contribution in [-0.4, -0.2) is 22.9 Å². The van der Waals surface area contributed by atoms with Gasteiger partial charge in [0.15, 0.2) is 5.78 Å². The normalized spacial score (nSPS) is 11.1. The van der Waals surface area contributed by atoms with Gasteiger partial charge in [0.2, 0.25) is 0 Å². The van der Waals surface area contributed by atoms with E-state index in [2.05, 4.69) is 0 Å². The molecule has 0 saturated carbocycles. The Morgan fingerprint density at radius 1 is 0.970 bits per heavy atom. The molecule has 0 aliphatic heterocycles. The van der Waals surface area contributed by atoms with Gasteiger partial charge in [0.1, 0.15) is 11.6 Å². The molecule has 0 aliphatic carbocycles. The van der Waals surface area contributed by atoms with E-state index in [-0.39, 0.29) is 49.9 Å². The monoisotopic (exact) mass is 487 g/mol. The number of hydrogen-bond donors (Lipinski definition) is 0. The predicted octanol–water partition coefficient (Wildman–Crippen LogP) is 7.01. The van der Waals surface area contributed by atoms with E-state index in [1.54, 1.807) is 12.1 Å². The summed E-state index contributed by atoms with van der Waals surface area (Å²) in [4.78, 5) is 25.4. The number of aromatic nitrogens is 1. The molecule has 0 saturated heterocycles. The van der Waals surface area contributed by atoms with Crippen molar-refractivity contribution in [3.8, 4) is 5.69 Å². The first-order valence-electron chi connectivity index (χ1n) is 10.1. The molecule has 4 nitrogen and oxygen atoms in total. The number of carbonyl (C=O) groups excluding carboxylic acids is 2. The zero-order chi connectivity index (χ0) is 23.7. The Bertz CT molecular complexity index is 1380. The van der Waals surface area contributed by atoms with Gasteiger partial charge < -0.3 is 9.30 Å². The van der Waals surface area contributed by atoms with Crippen molar-refractivity contribution in [3.05, 3.63) is 99.2 Å². The number of rotatable bonds is 6. The summed E-state index contributed by atoms with van der Waals surface area (Å²) in [5, 5.41) is 0.554. The molecule has 4 aromatic rings. The van der Waals surface area contributed by atoms with Crippen LogP contribution in [-0.2, 0) is 4.74 Å². The van der Waals surface area contributed by atoms with Crippen molar-refractivity contribution in [2.45, 2.75) is 13.3 Å². The molecule has 1 aromatic heterocycles. The van der Waals surface area contributed by atoms with Gasteiger partial charge in [0, 0.05) is 17.1 Å². The number of fused-ring (bicyclic) bond motifs is 1. The molecule has 33 heavy (non-hydrogen) atoms. The van der Waals surface area contributed by atoms with Crippen molar-refractivity contribution in [3.63, 3.8) is 0 Å². The maximum absolute atomic E-state index is 15.1. The van der Waals surface area contributed by atoms with E-state index < -0.39 is 23.4 Å². The maximum Gasteiger partial charge on any atom is 0.338 e. The highest BCUT2D eigenvalue weighted by Crippen LogP contribution is 2.33. The Morgan fingerprint density at radius 2 is 1.67 bits per heavy atom. The quantitative estimate of drug-likeness (QED) is 0.217. The fraction of sp³-hybridized carbons (Fsp3) is 0.120. The predicted molar refractivity (Wildman–Crippen MR) is 124 cm³/mol. The first-order valence-corrected chi connectivity index (χ1v) is 10.8. The summed E-state index contributed by atoms with van der Waals surface area (Å²) in [6.45, 7) is 2.06. The molecule has 4 rings (SSSR count). The van der Waals surface area contributed by atoms with Gasteiger partial charge in [0.25, 0.3) is 0 Å². The second-order valence-corrected chi connectivity index (χ2v) is 8.09. The summed E-state index contributed by atoms with van der Waals surface area (Å²) in [7, 11) is 0. The third kappa shape index (κ3) is 4.24. The van der Waals surface area contributed by atoms with Crippen LogP contribution in [0.3, 0.4) is 0 Å². The number of nitrogens with zero attached hydrogens (tertiary/aromatic N) is 1. The summed E-state index contributed by atoms with van der Waals surface area (Å²) >= 11 is 12.4. The highest BCUT2D eigenvalue weighted by atomic mass is 35.5. The summed E-state index contributed by atoms with van der Waals surface area (Å²) < 4.78 is 36.2. The Kier molecular flexibility index (Phi) is 6.49. The smallest absolute Gasteiger partial charge is 0.338 e. The topological polar surface area (TPSA) is 48.3 Å². The van der Waals surface area contributed by atoms with Crippen molar-refractivity contribution >= 4 is 45.9 Å². The molecule has 0 fully saturated rings. The average Bonchev–Trinajstić information content (AvgIpc) is 3.18. The third-order valence-electron chi connectivity index (χ3n) is 5.09. The number of esters is 1. The Labute approximate surface area is 198 Å². The zero-order valence-corrected chi connectivity index (χ0v) is 18.9. The van der Waals surface area contributed by atoms with Crippen LogP contribution in [0.1, 0.15) is 39.6 Å². The number of hydrogen-bond acceptors (Lipinski definition) is 3. The highest BCUT2D eigenvalue weighted by molar-refractivity contribution is 6.41. The zero-order valence-electron chi connectivity index (χ0n) is 17.4. The lowest BCUT2D eigenvalue weighted by Crippen LogP contribution is -2.07. The molecular formula is C25H17Cl2F2NO3. The summed E-state index contributed by atoms with van der Waals surface area (Å²) in [5.74, 6) is -2.62. The van der Waals surface area contributed by atoms with E-state index in [0.29, 0.717) is 6.42 Å². The number of carbonyl (C=O) groups is 2. The molecule has 168 valence electrons. The lowest BCUT2D eigenvalue weighted by atomic mass is 10.0. The van der Waals surface area contributed by atoms with Crippen LogP contribution in [0.4, 0.5) is 8.78 Å². The molecule has 0 bridgehead atoms. The highest BCUT2D eigenvalue weighted by Gasteiger charge is 2.24. The molecule has 3 aromatic carbocycles. The number of ketones is 1. The first-order chi connectivity index (χ1) is 15.8. The van der Waals surface area contributed by atoms with Crippen LogP contribution >= 0.6 is 23.2 Å². The molecule has 8 heteroatoms. The molecule has 0 spiro atoms. The fourth-order valence-corrected chi connectivity index (χ4v) is 4.14. The van der Waals surface area contributed by atoms with E-state index in [4.69, 9.17) is 27.9 Å². The van der Waals surface area contributed by atoms with E-state index in [9.17, 15) is 14.0 Å². The van der Waals surface area contributed by atoms with Gasteiger partial charge in [-0.1, -0.05) is 48.3 Å². The van der Waals surface area contributed by atoms with E-state index in [1.807, 2.05) is 6.92 Å². The largest absolute Gasteiger partial charge is 0.462 e. The van der Waals surface area contributed by atoms with Crippen LogP contribution in [0.2, 0.25) is 10.0 Å². The molecular weight excluding hydrogens is 471 g/mol. The molecule has 0 atom stereocenters. The van der Waals surface area contributed by atoms with Crippen molar-refractivity contribution in [2.75, 3.05) is 6.61 Å². The van der Waals surface area contributed by atoms with Crippen LogP contribution in [0, 0.1) is 11.6 Å². The third-order valence-corrected chi connectivity index (χ3v) is 5.72. The Hall–Kier alpha value is -3.22. The molecule has 0 unspecified atom stereocenters. The minimum Gasteiger partial charge on any atom is -0.462 e. The number of para-hydroxylation sites is 1. The molecule has 0 aliphatic rings. The van der Waals surface area contributed by atoms with Crippen molar-refractivity contribution in [1.82, 2.24) is 4.57 Å². The number of benzene rings is 3. The van der Waals surface area contributed by atoms with Crippen LogP contribution < -0.4 is 0 Å². The summed E-state index contributed by atoms with van der Waals surface area (Å²) in [6.07, 6.45) is 1.97. The van der Waals surface area contributed by atoms with Gasteiger partial charge >= 0.3 is 5.97 Å². The van der Waals surface area contributed by atoms with Crippen LogP contribution in [0.5, 0.6) is 0 Å². The molecule has 0 N–H and O–H groups in total. The van der Waals surface area contributed by atoms with Gasteiger partial charge in [-0.05, 0) is 42.8 Å². The standard InChI is InChI=1S/C25H17Cl2F2NO3/c1-2-11-33-25(32)14-9-10-21(20(29)12-14)30-13-16(15-5-3-8-19(28)23(15)30)24(31)22-17(26)6-4-7-18(22)27/h3-10,12-13H,2,11H2,1H3. The van der Waals surface area contributed by atoms with E-state index >= 15 is 4.39 Å².